The van der Waals surface area contributed by atoms with Gasteiger partial charge in [-0.2, -0.15) is 0 Å². The standard InChI is InChI=1S/C39H46F2N7/c1-21-15-14-16-22(2)31(21)47-26-18-24(40)20-42-34(26)46(13)36(47)29-23(3)17-25(41)32-30(29)45-35(48(32)39(10,11)12)33-43-27(37(4,5)6)19-28(44-33)38(7,8)9/h14-20H,1-13H3/q+1/i1D3,2D3. The second kappa shape index (κ2) is 11.0. The predicted molar refractivity (Wildman–Crippen MR) is 189 cm³/mol. The van der Waals surface area contributed by atoms with Crippen molar-refractivity contribution in [2.75, 3.05) is 0 Å². The molecule has 2 aromatic carbocycles. The van der Waals surface area contributed by atoms with E-state index in [1.165, 1.54) is 34.9 Å². The van der Waals surface area contributed by atoms with Crippen LogP contribution in [0.5, 0.6) is 0 Å². The number of rotatable bonds is 3. The van der Waals surface area contributed by atoms with Gasteiger partial charge in [0.1, 0.15) is 28.7 Å². The van der Waals surface area contributed by atoms with Gasteiger partial charge >= 0.3 is 5.65 Å². The minimum Gasteiger partial charge on any atom is -0.313 e. The van der Waals surface area contributed by atoms with Gasteiger partial charge in [0.25, 0.3) is 0 Å². The van der Waals surface area contributed by atoms with Crippen molar-refractivity contribution in [1.29, 1.82) is 0 Å². The number of hydrogen-bond acceptors (Lipinski definition) is 4. The molecule has 7 nitrogen and oxygen atoms in total. The number of nitrogens with zero attached hydrogens (tertiary/aromatic N) is 7. The summed E-state index contributed by atoms with van der Waals surface area (Å²) in [6.07, 6.45) is 1.03. The summed E-state index contributed by atoms with van der Waals surface area (Å²) in [4.78, 5) is 19.5. The first-order valence-corrected chi connectivity index (χ1v) is 16.0. The Morgan fingerprint density at radius 2 is 1.42 bits per heavy atom. The van der Waals surface area contributed by atoms with E-state index < -0.39 is 30.9 Å². The highest BCUT2D eigenvalue weighted by Gasteiger charge is 2.35. The van der Waals surface area contributed by atoms with Crippen LogP contribution in [0.15, 0.2) is 42.6 Å². The molecule has 0 aliphatic heterocycles. The first-order valence-electron chi connectivity index (χ1n) is 19.0. The average molecular weight is 657 g/mol. The van der Waals surface area contributed by atoms with Crippen molar-refractivity contribution >= 4 is 22.2 Å². The number of fused-ring (bicyclic) bond motifs is 2. The zero-order valence-corrected chi connectivity index (χ0v) is 29.4. The highest BCUT2D eigenvalue weighted by atomic mass is 19.1. The van der Waals surface area contributed by atoms with Gasteiger partial charge in [0.15, 0.2) is 23.0 Å². The van der Waals surface area contributed by atoms with Gasteiger partial charge in [0.2, 0.25) is 5.82 Å². The zero-order chi connectivity index (χ0) is 40.2. The second-order valence-corrected chi connectivity index (χ2v) is 15.6. The summed E-state index contributed by atoms with van der Waals surface area (Å²) in [5.41, 5.74) is 0.798. The summed E-state index contributed by atoms with van der Waals surface area (Å²) in [5, 5.41) is 0. The van der Waals surface area contributed by atoms with Crippen LogP contribution in [0.1, 0.15) is 98.6 Å². The van der Waals surface area contributed by atoms with Crippen LogP contribution in [0.25, 0.3) is 50.9 Å². The van der Waals surface area contributed by atoms with E-state index in [9.17, 15) is 0 Å². The summed E-state index contributed by atoms with van der Waals surface area (Å²) in [6.45, 7) is 14.2. The molecule has 6 aromatic rings. The van der Waals surface area contributed by atoms with Crippen LogP contribution in [0.4, 0.5) is 8.78 Å². The Balaban J connectivity index is 1.87. The number of para-hydroxylation sites is 1. The van der Waals surface area contributed by atoms with Gasteiger partial charge in [-0.1, -0.05) is 59.7 Å². The molecule has 9 heteroatoms. The van der Waals surface area contributed by atoms with Crippen molar-refractivity contribution in [2.24, 2.45) is 7.05 Å². The quantitative estimate of drug-likeness (QED) is 0.179. The lowest BCUT2D eigenvalue weighted by atomic mass is 9.86. The Kier molecular flexibility index (Phi) is 6.06. The third-order valence-corrected chi connectivity index (χ3v) is 8.60. The highest BCUT2D eigenvalue weighted by molar-refractivity contribution is 5.96. The van der Waals surface area contributed by atoms with Gasteiger partial charge in [0, 0.05) is 30.7 Å². The Morgan fingerprint density at radius 1 is 0.812 bits per heavy atom. The molecule has 0 aliphatic rings. The third kappa shape index (κ3) is 5.37. The van der Waals surface area contributed by atoms with E-state index in [1.807, 2.05) is 26.8 Å². The monoisotopic (exact) mass is 656 g/mol. The van der Waals surface area contributed by atoms with Crippen LogP contribution in [0.2, 0.25) is 0 Å². The van der Waals surface area contributed by atoms with E-state index in [2.05, 4.69) is 46.5 Å². The molecular weight excluding hydrogens is 604 g/mol. The van der Waals surface area contributed by atoms with Gasteiger partial charge in [-0.15, -0.1) is 4.98 Å². The Hall–Kier alpha value is -4.53. The number of aryl methyl sites for hydroxylation is 4. The minimum absolute atomic E-state index is 0.109. The highest BCUT2D eigenvalue weighted by Crippen LogP contribution is 2.41. The molecular formula is C39H46F2N7+. The van der Waals surface area contributed by atoms with E-state index in [0.29, 0.717) is 22.8 Å². The Labute approximate surface area is 290 Å². The summed E-state index contributed by atoms with van der Waals surface area (Å²) in [5.74, 6) is -0.463. The average Bonchev–Trinajstić information content (AvgIpc) is 3.55. The molecule has 0 N–H and O–H groups in total. The Morgan fingerprint density at radius 3 is 1.96 bits per heavy atom. The van der Waals surface area contributed by atoms with Crippen molar-refractivity contribution in [3.05, 3.63) is 82.3 Å². The molecule has 0 aliphatic carbocycles. The van der Waals surface area contributed by atoms with Crippen LogP contribution in [-0.2, 0) is 23.4 Å². The molecule has 4 aromatic heterocycles. The van der Waals surface area contributed by atoms with Crippen LogP contribution in [0.3, 0.4) is 0 Å². The van der Waals surface area contributed by atoms with Crippen molar-refractivity contribution in [1.82, 2.24) is 29.1 Å². The van der Waals surface area contributed by atoms with Gasteiger partial charge in [-0.05, 0) is 70.2 Å². The lowest BCUT2D eigenvalue weighted by Crippen LogP contribution is -2.31. The third-order valence-electron chi connectivity index (χ3n) is 8.60. The van der Waals surface area contributed by atoms with Crippen molar-refractivity contribution in [2.45, 2.75) is 99.3 Å². The van der Waals surface area contributed by atoms with Gasteiger partial charge in [-0.25, -0.2) is 32.9 Å². The first-order chi connectivity index (χ1) is 24.6. The summed E-state index contributed by atoms with van der Waals surface area (Å²) < 4.78 is 87.5. The molecule has 6 rings (SSSR count). The fourth-order valence-electron chi connectivity index (χ4n) is 6.23. The first kappa shape index (κ1) is 26.4. The Bertz CT molecular complexity index is 2410. The number of aromatic nitrogens is 7. The molecule has 0 fully saturated rings. The van der Waals surface area contributed by atoms with Crippen LogP contribution < -0.4 is 4.57 Å². The smallest absolute Gasteiger partial charge is 0.302 e. The molecule has 0 unspecified atom stereocenters. The van der Waals surface area contributed by atoms with Crippen molar-refractivity contribution < 1.29 is 21.6 Å². The fourth-order valence-corrected chi connectivity index (χ4v) is 6.23. The number of halogens is 2. The number of pyridine rings is 1. The SMILES string of the molecule is [2H]C([2H])([2H])c1cccc(C([2H])([2H])[2H])c1-n1c(-c2c(C)cc(F)c3c2nc(-c2nc(C(C)(C)C)cc(C(C)(C)C)n2)n3C(C)(C)C)[n+](C)c2ncc(F)cc21. The molecule has 0 saturated heterocycles. The lowest BCUT2D eigenvalue weighted by Gasteiger charge is -2.27. The van der Waals surface area contributed by atoms with Crippen LogP contribution in [-0.4, -0.2) is 29.1 Å². The maximum atomic E-state index is 16.7. The molecule has 250 valence electrons. The molecule has 48 heavy (non-hydrogen) atoms. The van der Waals surface area contributed by atoms with E-state index in [4.69, 9.17) is 23.2 Å². The van der Waals surface area contributed by atoms with Crippen LogP contribution >= 0.6 is 0 Å². The second-order valence-electron chi connectivity index (χ2n) is 15.6. The van der Waals surface area contributed by atoms with E-state index >= 15 is 8.78 Å². The molecule has 0 spiro atoms. The normalized spacial score (nSPS) is 15.3. The molecule has 0 radical (unpaired) electrons. The summed E-state index contributed by atoms with van der Waals surface area (Å²) in [7, 11) is 1.66. The fraction of sp³-hybridized carbons (Fsp3) is 0.410. The van der Waals surface area contributed by atoms with Crippen molar-refractivity contribution in [3.63, 3.8) is 0 Å². The van der Waals surface area contributed by atoms with Gasteiger partial charge in [0.05, 0.1) is 24.0 Å². The van der Waals surface area contributed by atoms with E-state index in [0.717, 1.165) is 17.6 Å². The van der Waals surface area contributed by atoms with E-state index in [1.54, 1.807) is 23.1 Å². The predicted octanol–water partition coefficient (Wildman–Crippen LogP) is 8.88. The maximum Gasteiger partial charge on any atom is 0.302 e. The zero-order valence-electron chi connectivity index (χ0n) is 35.4. The van der Waals surface area contributed by atoms with Crippen LogP contribution in [0, 0.1) is 32.3 Å². The van der Waals surface area contributed by atoms with Gasteiger partial charge in [-0.3, -0.25) is 0 Å². The maximum absolute atomic E-state index is 16.7. The summed E-state index contributed by atoms with van der Waals surface area (Å²) >= 11 is 0. The molecule has 0 saturated carbocycles. The summed E-state index contributed by atoms with van der Waals surface area (Å²) in [6, 6.07) is 8.60. The minimum atomic E-state index is -2.78. The largest absolute Gasteiger partial charge is 0.313 e. The number of hydrogen-bond donors (Lipinski definition) is 0. The molecule has 0 bridgehead atoms. The molecule has 0 atom stereocenters. The van der Waals surface area contributed by atoms with Crippen molar-refractivity contribution in [3.8, 4) is 28.7 Å². The number of benzene rings is 2. The molecule has 0 amide bonds. The van der Waals surface area contributed by atoms with Gasteiger partial charge < -0.3 is 4.57 Å². The lowest BCUT2D eigenvalue weighted by molar-refractivity contribution is -0.635. The molecule has 4 heterocycles. The number of imidazole rings is 2. The topological polar surface area (TPSA) is 65.3 Å². The van der Waals surface area contributed by atoms with E-state index in [-0.39, 0.29) is 55.7 Å².